The van der Waals surface area contributed by atoms with Crippen molar-refractivity contribution >= 4 is 21.8 Å². The van der Waals surface area contributed by atoms with E-state index in [0.29, 0.717) is 0 Å². The topological polar surface area (TPSA) is 15.8 Å². The fourth-order valence-corrected chi connectivity index (χ4v) is 2.75. The van der Waals surface area contributed by atoms with Crippen molar-refractivity contribution in [3.05, 3.63) is 46.5 Å². The lowest BCUT2D eigenvalue weighted by atomic mass is 9.94. The molecule has 1 heteroatoms. The number of aryl methyl sites for hydroxylation is 2. The highest BCUT2D eigenvalue weighted by atomic mass is 14.7. The monoisotopic (exact) mass is 223 g/mol. The Balaban J connectivity index is 2.67. The van der Waals surface area contributed by atoms with E-state index in [1.807, 2.05) is 0 Å². The van der Waals surface area contributed by atoms with E-state index in [0.717, 1.165) is 0 Å². The molecule has 0 bridgehead atoms. The number of fused-ring (bicyclic) bond motifs is 3. The molecule has 0 saturated heterocycles. The van der Waals surface area contributed by atoms with Crippen molar-refractivity contribution in [1.29, 1.82) is 0 Å². The van der Waals surface area contributed by atoms with Gasteiger partial charge in [-0.3, -0.25) is 0 Å². The Morgan fingerprint density at radius 2 is 1.41 bits per heavy atom. The number of hydrogen-bond donors (Lipinski definition) is 1. The van der Waals surface area contributed by atoms with Crippen molar-refractivity contribution in [1.82, 2.24) is 4.98 Å². The van der Waals surface area contributed by atoms with Gasteiger partial charge in [-0.05, 0) is 56.0 Å². The van der Waals surface area contributed by atoms with E-state index in [9.17, 15) is 0 Å². The highest BCUT2D eigenvalue weighted by Gasteiger charge is 2.13. The van der Waals surface area contributed by atoms with E-state index in [2.05, 4.69) is 56.9 Å². The van der Waals surface area contributed by atoms with Gasteiger partial charge in [-0.25, -0.2) is 0 Å². The van der Waals surface area contributed by atoms with Crippen LogP contribution in [0.1, 0.15) is 22.3 Å². The Morgan fingerprint density at radius 3 is 2.18 bits per heavy atom. The first-order valence-electron chi connectivity index (χ1n) is 6.08. The minimum Gasteiger partial charge on any atom is -0.354 e. The third kappa shape index (κ3) is 1.25. The molecule has 0 unspecified atom stereocenters. The van der Waals surface area contributed by atoms with Crippen LogP contribution in [0.4, 0.5) is 0 Å². The molecule has 0 saturated carbocycles. The van der Waals surface area contributed by atoms with E-state index in [4.69, 9.17) is 0 Å². The van der Waals surface area contributed by atoms with Crippen LogP contribution in [0.2, 0.25) is 0 Å². The van der Waals surface area contributed by atoms with Crippen LogP contribution < -0.4 is 0 Å². The van der Waals surface area contributed by atoms with Crippen LogP contribution in [0.25, 0.3) is 21.8 Å². The predicted molar refractivity (Wildman–Crippen MR) is 74.8 cm³/mol. The van der Waals surface area contributed by atoms with Crippen molar-refractivity contribution in [2.45, 2.75) is 27.7 Å². The number of H-pyrrole nitrogens is 1. The van der Waals surface area contributed by atoms with E-state index in [1.165, 1.54) is 44.1 Å². The third-order valence-electron chi connectivity index (χ3n) is 4.14. The normalized spacial score (nSPS) is 11.5. The molecule has 1 nitrogen and oxygen atoms in total. The number of aromatic amines is 1. The summed E-state index contributed by atoms with van der Waals surface area (Å²) in [5, 5.41) is 2.73. The van der Waals surface area contributed by atoms with Crippen LogP contribution in [0, 0.1) is 27.7 Å². The summed E-state index contributed by atoms with van der Waals surface area (Å²) in [4.78, 5) is 3.56. The van der Waals surface area contributed by atoms with Gasteiger partial charge in [-0.2, -0.15) is 0 Å². The zero-order valence-corrected chi connectivity index (χ0v) is 10.8. The first kappa shape index (κ1) is 10.4. The van der Waals surface area contributed by atoms with Gasteiger partial charge >= 0.3 is 0 Å². The van der Waals surface area contributed by atoms with Crippen molar-refractivity contribution in [2.75, 3.05) is 0 Å². The highest BCUT2D eigenvalue weighted by Crippen LogP contribution is 2.34. The summed E-state index contributed by atoms with van der Waals surface area (Å²) in [5.74, 6) is 0. The second kappa shape index (κ2) is 3.36. The van der Waals surface area contributed by atoms with Gasteiger partial charge < -0.3 is 4.98 Å². The number of hydrogen-bond acceptors (Lipinski definition) is 0. The van der Waals surface area contributed by atoms with Gasteiger partial charge in [0.25, 0.3) is 0 Å². The van der Waals surface area contributed by atoms with Gasteiger partial charge in [0.1, 0.15) is 0 Å². The SMILES string of the molecule is Cc1c(C)c(C)c2c([nH]c3ccccc32)c1C. The van der Waals surface area contributed by atoms with Crippen molar-refractivity contribution in [3.63, 3.8) is 0 Å². The van der Waals surface area contributed by atoms with E-state index in [-0.39, 0.29) is 0 Å². The summed E-state index contributed by atoms with van der Waals surface area (Å²) in [6.45, 7) is 8.87. The third-order valence-corrected chi connectivity index (χ3v) is 4.14. The molecule has 0 fully saturated rings. The zero-order valence-electron chi connectivity index (χ0n) is 10.8. The molecule has 1 aromatic heterocycles. The van der Waals surface area contributed by atoms with Crippen LogP contribution in [-0.4, -0.2) is 4.98 Å². The number of benzene rings is 2. The average Bonchev–Trinajstić information content (AvgIpc) is 2.73. The Labute approximate surface area is 101 Å². The quantitative estimate of drug-likeness (QED) is 0.575. The molecular formula is C16H17N. The molecule has 0 aliphatic carbocycles. The van der Waals surface area contributed by atoms with Crippen molar-refractivity contribution < 1.29 is 0 Å². The molecule has 0 atom stereocenters. The van der Waals surface area contributed by atoms with Gasteiger partial charge in [-0.15, -0.1) is 0 Å². The fraction of sp³-hybridized carbons (Fsp3) is 0.250. The largest absolute Gasteiger partial charge is 0.354 e. The van der Waals surface area contributed by atoms with Crippen molar-refractivity contribution in [3.8, 4) is 0 Å². The molecule has 17 heavy (non-hydrogen) atoms. The maximum Gasteiger partial charge on any atom is 0.0500 e. The van der Waals surface area contributed by atoms with E-state index in [1.54, 1.807) is 0 Å². The van der Waals surface area contributed by atoms with Gasteiger partial charge in [0.2, 0.25) is 0 Å². The maximum atomic E-state index is 3.56. The molecule has 3 rings (SSSR count). The van der Waals surface area contributed by atoms with Gasteiger partial charge in [-0.1, -0.05) is 18.2 Å². The Hall–Kier alpha value is -1.76. The Bertz CT molecular complexity index is 732. The van der Waals surface area contributed by atoms with Crippen LogP contribution in [0.5, 0.6) is 0 Å². The number of rotatable bonds is 0. The smallest absolute Gasteiger partial charge is 0.0500 e. The Morgan fingerprint density at radius 1 is 0.765 bits per heavy atom. The molecule has 2 aromatic carbocycles. The summed E-state index contributed by atoms with van der Waals surface area (Å²) < 4.78 is 0. The standard InChI is InChI=1S/C16H17N/c1-9-10(2)12(4)16-15(11(9)3)13-7-5-6-8-14(13)17-16/h5-8,17H,1-4H3. The maximum absolute atomic E-state index is 3.56. The molecule has 1 heterocycles. The molecule has 0 aliphatic heterocycles. The molecule has 1 N–H and O–H groups in total. The lowest BCUT2D eigenvalue weighted by molar-refractivity contribution is 1.24. The van der Waals surface area contributed by atoms with Gasteiger partial charge in [0.05, 0.1) is 0 Å². The highest BCUT2D eigenvalue weighted by molar-refractivity contribution is 6.10. The summed E-state index contributed by atoms with van der Waals surface area (Å²) >= 11 is 0. The number of aromatic nitrogens is 1. The van der Waals surface area contributed by atoms with Crippen LogP contribution in [-0.2, 0) is 0 Å². The first-order valence-corrected chi connectivity index (χ1v) is 6.08. The van der Waals surface area contributed by atoms with E-state index >= 15 is 0 Å². The second-order valence-electron chi connectivity index (χ2n) is 4.92. The first-order chi connectivity index (χ1) is 8.11. The molecule has 86 valence electrons. The minimum absolute atomic E-state index is 1.23. The zero-order chi connectivity index (χ0) is 12.2. The van der Waals surface area contributed by atoms with E-state index < -0.39 is 0 Å². The van der Waals surface area contributed by atoms with Crippen LogP contribution >= 0.6 is 0 Å². The number of para-hydroxylation sites is 1. The van der Waals surface area contributed by atoms with Gasteiger partial charge in [0, 0.05) is 21.8 Å². The average molecular weight is 223 g/mol. The van der Waals surface area contributed by atoms with Gasteiger partial charge in [0.15, 0.2) is 0 Å². The number of nitrogens with one attached hydrogen (secondary N) is 1. The molecule has 0 amide bonds. The Kier molecular flexibility index (Phi) is 2.06. The van der Waals surface area contributed by atoms with Crippen LogP contribution in [0.15, 0.2) is 24.3 Å². The molecule has 0 spiro atoms. The van der Waals surface area contributed by atoms with Crippen molar-refractivity contribution in [2.24, 2.45) is 0 Å². The summed E-state index contributed by atoms with van der Waals surface area (Å²) in [6, 6.07) is 8.55. The second-order valence-corrected chi connectivity index (χ2v) is 4.92. The lowest BCUT2D eigenvalue weighted by Gasteiger charge is -2.10. The lowest BCUT2D eigenvalue weighted by Crippen LogP contribution is -1.92. The summed E-state index contributed by atoms with van der Waals surface area (Å²) in [5.41, 5.74) is 8.13. The molecule has 3 aromatic rings. The van der Waals surface area contributed by atoms with Crippen LogP contribution in [0.3, 0.4) is 0 Å². The molecule has 0 aliphatic rings. The predicted octanol–water partition coefficient (Wildman–Crippen LogP) is 4.55. The summed E-state index contributed by atoms with van der Waals surface area (Å²) in [7, 11) is 0. The molecular weight excluding hydrogens is 206 g/mol. The summed E-state index contributed by atoms with van der Waals surface area (Å²) in [6.07, 6.45) is 0. The molecule has 0 radical (unpaired) electrons. The fourth-order valence-electron chi connectivity index (χ4n) is 2.75. The minimum atomic E-state index is 1.23.